The zero-order valence-electron chi connectivity index (χ0n) is 58.4. The highest BCUT2D eigenvalue weighted by Crippen LogP contribution is 2.34. The van der Waals surface area contributed by atoms with Crippen LogP contribution in [0.1, 0.15) is 156 Å². The van der Waals surface area contributed by atoms with Crippen LogP contribution in [0.3, 0.4) is 0 Å². The monoisotopic (exact) mass is 1350 g/mol. The van der Waals surface area contributed by atoms with Gasteiger partial charge in [0.2, 0.25) is 29.4 Å². The number of aryl methyl sites for hydroxylation is 1. The van der Waals surface area contributed by atoms with E-state index in [4.69, 9.17) is 23.7 Å². The highest BCUT2D eigenvalue weighted by atomic mass is 16.5. The fourth-order valence-corrected chi connectivity index (χ4v) is 13.3. The molecule has 0 unspecified atom stereocenters. The summed E-state index contributed by atoms with van der Waals surface area (Å²) < 4.78 is 29.2. The molecule has 98 heavy (non-hydrogen) atoms. The third-order valence-corrected chi connectivity index (χ3v) is 19.2. The molecule has 3 heterocycles. The van der Waals surface area contributed by atoms with Gasteiger partial charge in [-0.15, -0.1) is 0 Å². The molecule has 1 aliphatic carbocycles. The molecule has 1 saturated carbocycles. The van der Waals surface area contributed by atoms with Crippen molar-refractivity contribution in [2.24, 2.45) is 11.3 Å². The number of piperidine rings is 1. The van der Waals surface area contributed by atoms with E-state index in [0.717, 1.165) is 43.2 Å². The maximum atomic E-state index is 15.4. The van der Waals surface area contributed by atoms with Gasteiger partial charge in [-0.2, -0.15) is 0 Å². The van der Waals surface area contributed by atoms with Gasteiger partial charge in [-0.25, -0.2) is 9.59 Å². The molecule has 22 heteroatoms. The van der Waals surface area contributed by atoms with Gasteiger partial charge in [0, 0.05) is 71.3 Å². The van der Waals surface area contributed by atoms with Crippen LogP contribution in [0, 0.1) is 11.3 Å². The van der Waals surface area contributed by atoms with E-state index in [1.54, 1.807) is 67.7 Å². The summed E-state index contributed by atoms with van der Waals surface area (Å²) in [6, 6.07) is 22.9. The van der Waals surface area contributed by atoms with E-state index < -0.39 is 102 Å². The van der Waals surface area contributed by atoms with Crippen LogP contribution in [0.15, 0.2) is 109 Å². The number of cyclic esters (lactones) is 2. The van der Waals surface area contributed by atoms with E-state index >= 15 is 14.4 Å². The number of nitrogens with zero attached hydrogens (tertiary/aromatic N) is 5. The fourth-order valence-electron chi connectivity index (χ4n) is 13.3. The molecule has 2 N–H and O–H groups in total. The van der Waals surface area contributed by atoms with Crippen molar-refractivity contribution in [2.75, 3.05) is 68.2 Å². The second-order valence-corrected chi connectivity index (χ2v) is 27.4. The van der Waals surface area contributed by atoms with E-state index in [9.17, 15) is 33.6 Å². The van der Waals surface area contributed by atoms with Crippen LogP contribution >= 0.6 is 0 Å². The Morgan fingerprint density at radius 3 is 2.05 bits per heavy atom. The minimum atomic E-state index is -1.50. The third kappa shape index (κ3) is 20.0. The summed E-state index contributed by atoms with van der Waals surface area (Å²) in [7, 11) is 7.75. The number of likely N-dealkylation sites (N-methyl/N-ethyl adjacent to an activating group) is 3. The number of rotatable bonds is 13. The zero-order valence-corrected chi connectivity index (χ0v) is 58.4. The van der Waals surface area contributed by atoms with Crippen molar-refractivity contribution in [1.29, 1.82) is 0 Å². The summed E-state index contributed by atoms with van der Waals surface area (Å²) in [5.74, 6) is -4.82. The SMILES string of the molecule is COc1ccc(CC[C@H]2OC(=O)[C@@H]3CCCCN3C(=O)C(=O)C(C)(C)COC(=O)/C=C/CCCN(C)C(=O)[C@@H](Cc3ccccc3)N(C)C(=O)[C@@H](Cc3ccc(C(=O)NC4CCCCC4)cc3)NC(=O)[C@H]3CCCN3C(=O)[C@H](CC(C)C)N(C)C(=O)COc3cccc2c3)cc1OC. The van der Waals surface area contributed by atoms with E-state index in [0.29, 0.717) is 66.7 Å². The number of ether oxygens (including phenoxy) is 5. The van der Waals surface area contributed by atoms with Crippen LogP contribution in [-0.4, -0.2) is 188 Å². The molecule has 3 aliphatic heterocycles. The van der Waals surface area contributed by atoms with E-state index in [1.807, 2.05) is 56.3 Å². The number of hydrogen-bond donors (Lipinski definition) is 2. The second-order valence-electron chi connectivity index (χ2n) is 27.4. The lowest BCUT2D eigenvalue weighted by atomic mass is 9.87. The van der Waals surface area contributed by atoms with Crippen LogP contribution in [0.25, 0.3) is 0 Å². The molecule has 4 aliphatic rings. The number of ketones is 1. The zero-order chi connectivity index (χ0) is 70.6. The quantitative estimate of drug-likeness (QED) is 0.0942. The largest absolute Gasteiger partial charge is 0.493 e. The van der Waals surface area contributed by atoms with Crippen molar-refractivity contribution >= 4 is 59.1 Å². The molecule has 0 aromatic heterocycles. The average molecular weight is 1350 g/mol. The molecule has 6 atom stereocenters. The highest BCUT2D eigenvalue weighted by molar-refractivity contribution is 6.38. The predicted octanol–water partition coefficient (Wildman–Crippen LogP) is 8.35. The molecular weight excluding hydrogens is 1250 g/mol. The molecule has 3 fully saturated rings. The molecule has 22 nitrogen and oxygen atoms in total. The maximum Gasteiger partial charge on any atom is 0.330 e. The summed E-state index contributed by atoms with van der Waals surface area (Å²) in [5.41, 5.74) is 1.69. The topological polar surface area (TPSA) is 257 Å². The van der Waals surface area contributed by atoms with Crippen LogP contribution < -0.4 is 24.8 Å². The summed E-state index contributed by atoms with van der Waals surface area (Å²) in [6.07, 6.45) is 10.6. The van der Waals surface area contributed by atoms with Crippen LogP contribution in [-0.2, 0) is 71.9 Å². The number of carbonyl (C=O) groups excluding carboxylic acids is 10. The van der Waals surface area contributed by atoms with Gasteiger partial charge in [-0.05, 0) is 155 Å². The lowest BCUT2D eigenvalue weighted by molar-refractivity contribution is -0.165. The van der Waals surface area contributed by atoms with Crippen LogP contribution in [0.4, 0.5) is 0 Å². The lowest BCUT2D eigenvalue weighted by Gasteiger charge is -2.36. The van der Waals surface area contributed by atoms with E-state index in [1.165, 1.54) is 72.7 Å². The molecule has 8 rings (SSSR count). The van der Waals surface area contributed by atoms with Gasteiger partial charge in [0.05, 0.1) is 19.6 Å². The molecule has 0 radical (unpaired) electrons. The van der Waals surface area contributed by atoms with E-state index in [2.05, 4.69) is 10.6 Å². The Hall–Kier alpha value is -9.08. The van der Waals surface area contributed by atoms with Gasteiger partial charge in [0.1, 0.15) is 48.7 Å². The first-order valence-electron chi connectivity index (χ1n) is 34.6. The maximum absolute atomic E-state index is 15.4. The fraction of sp³-hybridized carbons (Fsp3) is 0.526. The Balaban J connectivity index is 1.10. The van der Waals surface area contributed by atoms with Crippen molar-refractivity contribution < 1.29 is 71.6 Å². The van der Waals surface area contributed by atoms with Crippen LogP contribution in [0.2, 0.25) is 0 Å². The highest BCUT2D eigenvalue weighted by Gasteiger charge is 2.44. The lowest BCUT2D eigenvalue weighted by Crippen LogP contribution is -2.59. The van der Waals surface area contributed by atoms with Gasteiger partial charge < -0.3 is 58.8 Å². The van der Waals surface area contributed by atoms with Gasteiger partial charge in [0.15, 0.2) is 18.1 Å². The minimum Gasteiger partial charge on any atom is -0.493 e. The number of benzene rings is 4. The second kappa shape index (κ2) is 35.4. The molecule has 4 aromatic carbocycles. The minimum absolute atomic E-state index is 0.0385. The molecule has 2 saturated heterocycles. The third-order valence-electron chi connectivity index (χ3n) is 19.2. The van der Waals surface area contributed by atoms with Crippen molar-refractivity contribution in [2.45, 2.75) is 179 Å². The van der Waals surface area contributed by atoms with Gasteiger partial charge in [0.25, 0.3) is 17.7 Å². The molecular formula is C76H99N7O15. The normalized spacial score (nSPS) is 23.3. The number of fused-ring (bicyclic) bond motifs is 4. The van der Waals surface area contributed by atoms with Crippen molar-refractivity contribution in [3.05, 3.63) is 137 Å². The number of carbonyl (C=O) groups is 10. The van der Waals surface area contributed by atoms with Gasteiger partial charge in [-0.1, -0.05) is 99.8 Å². The van der Waals surface area contributed by atoms with Gasteiger partial charge >= 0.3 is 11.9 Å². The Morgan fingerprint density at radius 1 is 0.653 bits per heavy atom. The summed E-state index contributed by atoms with van der Waals surface area (Å²) in [4.78, 5) is 151. The number of esters is 2. The number of hydrogen-bond acceptors (Lipinski definition) is 15. The Bertz CT molecular complexity index is 3480. The Morgan fingerprint density at radius 2 is 1.34 bits per heavy atom. The average Bonchev–Trinajstić information content (AvgIpc) is 1.21. The summed E-state index contributed by atoms with van der Waals surface area (Å²) in [6.45, 7) is 6.41. The number of amides is 7. The molecule has 7 amide bonds. The summed E-state index contributed by atoms with van der Waals surface area (Å²) in [5, 5.41) is 6.18. The summed E-state index contributed by atoms with van der Waals surface area (Å²) >= 11 is 0. The van der Waals surface area contributed by atoms with Crippen molar-refractivity contribution in [3.63, 3.8) is 0 Å². The first-order valence-corrected chi connectivity index (χ1v) is 34.6. The van der Waals surface area contributed by atoms with Crippen molar-refractivity contribution in [3.8, 4) is 17.2 Å². The smallest absolute Gasteiger partial charge is 0.330 e. The number of Topliss-reactive ketones (excluding diaryl/α,β-unsaturated/α-hetero) is 1. The number of methoxy groups -OCH3 is 2. The standard InChI is InChI=1S/C76H99N7O15/c1-50(2)43-61-73(91)82-42-22-30-59(82)70(88)78-58(44-52-32-36-54(37-33-52)69(87)77-56-26-15-11-16-27-56)71(89)81(7)62(45-51-23-13-10-14-24-51)72(90)79(5)40-19-12-17-31-67(85)97-49-76(3,4)68(86)74(92)83-41-20-18-29-60(83)75(93)98-63(38-34-53-35-39-64(94-8)65(46-53)95-9)55-25-21-28-57(47-55)96-48-66(84)80(61)6/h10,13-14,17,21,23-25,28,31-33,35-37,39,46-47,50,56,58-63H,11-12,15-16,18-20,22,26-27,29-30,34,38,40-45,48-49H2,1-9H3,(H,77,87)(H,78,88)/b31-17+/t58-,59-,60+,61+,62-,63-/m1/s1. The number of nitrogens with one attached hydrogen (secondary N) is 2. The first kappa shape index (κ1) is 74.7. The van der Waals surface area contributed by atoms with Crippen molar-refractivity contribution in [1.82, 2.24) is 35.1 Å². The van der Waals surface area contributed by atoms with E-state index in [-0.39, 0.29) is 87.7 Å². The number of allylic oxidation sites excluding steroid dienone is 1. The molecule has 0 spiro atoms. The Labute approximate surface area is 576 Å². The van der Waals surface area contributed by atoms with Crippen LogP contribution in [0.5, 0.6) is 17.2 Å². The predicted molar refractivity (Wildman–Crippen MR) is 368 cm³/mol. The molecule has 2 bridgehead atoms. The van der Waals surface area contributed by atoms with Gasteiger partial charge in [-0.3, -0.25) is 38.4 Å². The Kier molecular flexibility index (Phi) is 27.0. The first-order chi connectivity index (χ1) is 47.0. The molecule has 4 aromatic rings. The molecule has 528 valence electrons.